The molecule has 1 aromatic rings. The van der Waals surface area contributed by atoms with E-state index in [9.17, 15) is 0 Å². The summed E-state index contributed by atoms with van der Waals surface area (Å²) in [5.74, 6) is 0.747. The molecule has 1 atom stereocenters. The lowest BCUT2D eigenvalue weighted by atomic mass is 10.0. The van der Waals surface area contributed by atoms with Crippen molar-refractivity contribution in [1.82, 2.24) is 25.1 Å². The number of piperidine rings is 1. The zero-order valence-electron chi connectivity index (χ0n) is 10.8. The molecule has 17 heavy (non-hydrogen) atoms. The molecule has 1 saturated heterocycles. The molecule has 0 aliphatic carbocycles. The van der Waals surface area contributed by atoms with Gasteiger partial charge < -0.3 is 10.2 Å². The van der Waals surface area contributed by atoms with Crippen LogP contribution in [-0.2, 0) is 7.05 Å². The van der Waals surface area contributed by atoms with Gasteiger partial charge >= 0.3 is 0 Å². The second kappa shape index (κ2) is 5.95. The summed E-state index contributed by atoms with van der Waals surface area (Å²) in [6.45, 7) is 5.68. The molecule has 0 spiro atoms. The largest absolute Gasteiger partial charge is 0.353 e. The number of aromatic nitrogens is 4. The number of likely N-dealkylation sites (tertiary alicyclic amines) is 1. The third kappa shape index (κ3) is 3.39. The van der Waals surface area contributed by atoms with E-state index in [2.05, 4.69) is 32.7 Å². The van der Waals surface area contributed by atoms with Crippen molar-refractivity contribution in [1.29, 1.82) is 0 Å². The van der Waals surface area contributed by atoms with Gasteiger partial charge in [-0.15, -0.1) is 0 Å². The standard InChI is InChI=1S/C11H22N6/c1-10-6-3-4-8-17(10)9-5-7-12-11-13-14-15-16(11)2/h10H,3-9H2,1-2H3,(H,12,13,15). The number of rotatable bonds is 5. The number of anilines is 1. The van der Waals surface area contributed by atoms with E-state index in [1.165, 1.54) is 32.4 Å². The summed E-state index contributed by atoms with van der Waals surface area (Å²) in [5.41, 5.74) is 0. The van der Waals surface area contributed by atoms with Gasteiger partial charge in [0.05, 0.1) is 0 Å². The average molecular weight is 238 g/mol. The van der Waals surface area contributed by atoms with Crippen LogP contribution in [0.15, 0.2) is 0 Å². The second-order valence-corrected chi connectivity index (χ2v) is 4.79. The molecule has 1 aromatic heterocycles. The molecule has 1 unspecified atom stereocenters. The van der Waals surface area contributed by atoms with Gasteiger partial charge in [-0.05, 0) is 43.2 Å². The third-order valence-corrected chi connectivity index (χ3v) is 3.47. The summed E-state index contributed by atoms with van der Waals surface area (Å²) < 4.78 is 1.66. The van der Waals surface area contributed by atoms with Gasteiger partial charge in [-0.25, -0.2) is 4.68 Å². The lowest BCUT2D eigenvalue weighted by Gasteiger charge is -2.33. The first-order chi connectivity index (χ1) is 8.27. The summed E-state index contributed by atoms with van der Waals surface area (Å²) in [7, 11) is 1.84. The molecule has 96 valence electrons. The van der Waals surface area contributed by atoms with E-state index in [0.717, 1.165) is 25.0 Å². The minimum Gasteiger partial charge on any atom is -0.353 e. The van der Waals surface area contributed by atoms with Gasteiger partial charge in [-0.2, -0.15) is 0 Å². The molecule has 2 rings (SSSR count). The molecule has 0 aromatic carbocycles. The Balaban J connectivity index is 1.64. The molecule has 0 saturated carbocycles. The van der Waals surface area contributed by atoms with E-state index in [0.29, 0.717) is 0 Å². The van der Waals surface area contributed by atoms with Crippen molar-refractivity contribution in [3.8, 4) is 0 Å². The average Bonchev–Trinajstić information content (AvgIpc) is 2.73. The first-order valence-electron chi connectivity index (χ1n) is 6.47. The second-order valence-electron chi connectivity index (χ2n) is 4.79. The highest BCUT2D eigenvalue weighted by Gasteiger charge is 2.17. The predicted octanol–water partition coefficient (Wildman–Crippen LogP) is 0.886. The van der Waals surface area contributed by atoms with Gasteiger partial charge in [-0.3, -0.25) is 0 Å². The van der Waals surface area contributed by atoms with Crippen molar-refractivity contribution < 1.29 is 0 Å². The van der Waals surface area contributed by atoms with E-state index in [4.69, 9.17) is 0 Å². The molecule has 2 heterocycles. The summed E-state index contributed by atoms with van der Waals surface area (Å²) in [6.07, 6.45) is 5.23. The number of nitrogens with one attached hydrogen (secondary N) is 1. The maximum atomic E-state index is 3.89. The Labute approximate surface area is 102 Å². The highest BCUT2D eigenvalue weighted by atomic mass is 15.6. The highest BCUT2D eigenvalue weighted by molar-refractivity contribution is 5.20. The summed E-state index contributed by atoms with van der Waals surface area (Å²) in [4.78, 5) is 2.58. The monoisotopic (exact) mass is 238 g/mol. The summed E-state index contributed by atoms with van der Waals surface area (Å²) in [6, 6.07) is 0.750. The van der Waals surface area contributed by atoms with Crippen LogP contribution in [0.1, 0.15) is 32.6 Å². The van der Waals surface area contributed by atoms with Crippen molar-refractivity contribution in [3.05, 3.63) is 0 Å². The number of hydrogen-bond acceptors (Lipinski definition) is 5. The van der Waals surface area contributed by atoms with Crippen LogP contribution in [0, 0.1) is 0 Å². The van der Waals surface area contributed by atoms with Crippen LogP contribution in [0.5, 0.6) is 0 Å². The smallest absolute Gasteiger partial charge is 0.242 e. The van der Waals surface area contributed by atoms with E-state index in [-0.39, 0.29) is 0 Å². The minimum absolute atomic E-state index is 0.747. The lowest BCUT2D eigenvalue weighted by molar-refractivity contribution is 0.160. The summed E-state index contributed by atoms with van der Waals surface area (Å²) in [5, 5.41) is 14.5. The van der Waals surface area contributed by atoms with Crippen molar-refractivity contribution in [2.24, 2.45) is 7.05 Å². The van der Waals surface area contributed by atoms with Gasteiger partial charge in [0.1, 0.15) is 0 Å². The molecular weight excluding hydrogens is 216 g/mol. The molecule has 1 aliphatic heterocycles. The first kappa shape index (κ1) is 12.3. The van der Waals surface area contributed by atoms with Gasteiger partial charge in [0.25, 0.3) is 0 Å². The molecule has 0 radical (unpaired) electrons. The Hall–Kier alpha value is -1.17. The Bertz CT molecular complexity index is 336. The minimum atomic E-state index is 0.747. The number of tetrazole rings is 1. The maximum absolute atomic E-state index is 3.89. The van der Waals surface area contributed by atoms with E-state index >= 15 is 0 Å². The lowest BCUT2D eigenvalue weighted by Crippen LogP contribution is -2.38. The molecule has 6 nitrogen and oxygen atoms in total. The maximum Gasteiger partial charge on any atom is 0.242 e. The molecular formula is C11H22N6. The molecule has 1 aliphatic rings. The molecule has 6 heteroatoms. The van der Waals surface area contributed by atoms with E-state index < -0.39 is 0 Å². The van der Waals surface area contributed by atoms with Crippen molar-refractivity contribution >= 4 is 5.95 Å². The highest BCUT2D eigenvalue weighted by Crippen LogP contribution is 2.16. The fourth-order valence-electron chi connectivity index (χ4n) is 2.35. The van der Waals surface area contributed by atoms with Crippen LogP contribution in [-0.4, -0.2) is 50.8 Å². The predicted molar refractivity (Wildman–Crippen MR) is 66.8 cm³/mol. The van der Waals surface area contributed by atoms with Crippen molar-refractivity contribution in [2.75, 3.05) is 25.0 Å². The zero-order chi connectivity index (χ0) is 12.1. The van der Waals surface area contributed by atoms with Crippen LogP contribution >= 0.6 is 0 Å². The number of hydrogen-bond donors (Lipinski definition) is 1. The topological polar surface area (TPSA) is 58.9 Å². The quantitative estimate of drug-likeness (QED) is 0.772. The van der Waals surface area contributed by atoms with Crippen molar-refractivity contribution in [3.63, 3.8) is 0 Å². The van der Waals surface area contributed by atoms with Crippen LogP contribution in [0.3, 0.4) is 0 Å². The van der Waals surface area contributed by atoms with Gasteiger partial charge in [0.15, 0.2) is 0 Å². The van der Waals surface area contributed by atoms with Crippen LogP contribution in [0.4, 0.5) is 5.95 Å². The SMILES string of the molecule is CC1CCCCN1CCCNc1nnnn1C. The fraction of sp³-hybridized carbons (Fsp3) is 0.909. The van der Waals surface area contributed by atoms with Crippen LogP contribution in [0.25, 0.3) is 0 Å². The first-order valence-corrected chi connectivity index (χ1v) is 6.47. The van der Waals surface area contributed by atoms with Gasteiger partial charge in [0.2, 0.25) is 5.95 Å². The zero-order valence-corrected chi connectivity index (χ0v) is 10.8. The van der Waals surface area contributed by atoms with E-state index in [1.807, 2.05) is 7.05 Å². The Morgan fingerprint density at radius 1 is 1.41 bits per heavy atom. The van der Waals surface area contributed by atoms with E-state index in [1.54, 1.807) is 4.68 Å². The number of nitrogens with zero attached hydrogens (tertiary/aromatic N) is 5. The Morgan fingerprint density at radius 2 is 2.29 bits per heavy atom. The Kier molecular flexibility index (Phi) is 4.30. The molecule has 0 amide bonds. The molecule has 1 N–H and O–H groups in total. The molecule has 0 bridgehead atoms. The third-order valence-electron chi connectivity index (χ3n) is 3.47. The fourth-order valence-corrected chi connectivity index (χ4v) is 2.35. The van der Waals surface area contributed by atoms with Crippen LogP contribution in [0.2, 0.25) is 0 Å². The van der Waals surface area contributed by atoms with Crippen LogP contribution < -0.4 is 5.32 Å². The number of aryl methyl sites for hydroxylation is 1. The van der Waals surface area contributed by atoms with Gasteiger partial charge in [-0.1, -0.05) is 11.5 Å². The van der Waals surface area contributed by atoms with Gasteiger partial charge in [0, 0.05) is 26.2 Å². The normalized spacial score (nSPS) is 21.6. The summed E-state index contributed by atoms with van der Waals surface area (Å²) >= 11 is 0. The Morgan fingerprint density at radius 3 is 3.00 bits per heavy atom. The van der Waals surface area contributed by atoms with Crippen molar-refractivity contribution in [2.45, 2.75) is 38.6 Å². The molecule has 1 fully saturated rings.